The van der Waals surface area contributed by atoms with Crippen molar-refractivity contribution in [1.82, 2.24) is 5.32 Å². The molecule has 0 unspecified atom stereocenters. The Morgan fingerprint density at radius 3 is 2.70 bits per heavy atom. The second-order valence-corrected chi connectivity index (χ2v) is 8.66. The van der Waals surface area contributed by atoms with Gasteiger partial charge in [0, 0.05) is 10.4 Å². The van der Waals surface area contributed by atoms with Crippen molar-refractivity contribution < 1.29 is 9.59 Å². The molecule has 5 nitrogen and oxygen atoms in total. The molecule has 0 bridgehead atoms. The number of hydrogen-bond acceptors (Lipinski definition) is 4. The first-order valence-corrected chi connectivity index (χ1v) is 10.1. The zero-order valence-corrected chi connectivity index (χ0v) is 17.3. The number of rotatable bonds is 3. The van der Waals surface area contributed by atoms with E-state index < -0.39 is 5.91 Å². The van der Waals surface area contributed by atoms with Gasteiger partial charge in [-0.1, -0.05) is 24.6 Å². The van der Waals surface area contributed by atoms with Gasteiger partial charge >= 0.3 is 0 Å². The van der Waals surface area contributed by atoms with Crippen LogP contribution < -0.4 is 16.4 Å². The Hall–Kier alpha value is -2.25. The molecule has 0 fully saturated rings. The Bertz CT molecular complexity index is 934. The van der Waals surface area contributed by atoms with Crippen LogP contribution in [0.5, 0.6) is 0 Å². The highest BCUT2D eigenvalue weighted by Gasteiger charge is 2.27. The zero-order chi connectivity index (χ0) is 19.7. The number of carbonyl (C=O) groups excluding carboxylic acids is 2. The summed E-state index contributed by atoms with van der Waals surface area (Å²) in [7, 11) is 0. The molecule has 1 atom stereocenters. The predicted molar refractivity (Wildman–Crippen MR) is 114 cm³/mol. The van der Waals surface area contributed by atoms with Crippen LogP contribution in [0.4, 0.5) is 5.00 Å². The number of carbonyl (C=O) groups is 2. The molecule has 0 aliphatic heterocycles. The third-order valence-corrected chi connectivity index (χ3v) is 6.21. The average Bonchev–Trinajstić information content (AvgIpc) is 2.91. The summed E-state index contributed by atoms with van der Waals surface area (Å²) in [6.07, 6.45) is 2.82. The van der Waals surface area contributed by atoms with E-state index in [4.69, 9.17) is 18.0 Å². The second-order valence-electron chi connectivity index (χ2n) is 7.15. The minimum absolute atomic E-state index is 0.161. The highest BCUT2D eigenvalue weighted by Crippen LogP contribution is 2.39. The molecule has 27 heavy (non-hydrogen) atoms. The zero-order valence-electron chi connectivity index (χ0n) is 15.6. The molecule has 1 aliphatic rings. The molecule has 0 spiro atoms. The number of nitrogens with two attached hydrogens (primary N) is 1. The lowest BCUT2D eigenvalue weighted by Gasteiger charge is -2.18. The van der Waals surface area contributed by atoms with E-state index >= 15 is 0 Å². The lowest BCUT2D eigenvalue weighted by Crippen LogP contribution is -2.34. The molecule has 0 saturated heterocycles. The van der Waals surface area contributed by atoms with Crippen molar-refractivity contribution in [2.45, 2.75) is 40.0 Å². The quantitative estimate of drug-likeness (QED) is 0.685. The molecule has 2 amide bonds. The number of hydrogen-bond donors (Lipinski definition) is 3. The fourth-order valence-corrected chi connectivity index (χ4v) is 5.15. The molecule has 7 heteroatoms. The topological polar surface area (TPSA) is 84.2 Å². The van der Waals surface area contributed by atoms with Gasteiger partial charge in [0.25, 0.3) is 11.8 Å². The SMILES string of the molecule is Cc1ccc(C(=O)NC(=S)Nc2sc3c(c2C(N)=O)CC[C@H](C)C3)c(C)c1. The van der Waals surface area contributed by atoms with Crippen LogP contribution in [0.1, 0.15) is 55.6 Å². The standard InChI is InChI=1S/C20H23N3O2S2/c1-10-4-6-13(12(3)8-10)18(25)22-20(26)23-19-16(17(21)24)14-7-5-11(2)9-15(14)27-19/h4,6,8,11H,5,7,9H2,1-3H3,(H2,21,24)(H2,22,23,25,26)/t11-/m0/s1. The largest absolute Gasteiger partial charge is 0.365 e. The van der Waals surface area contributed by atoms with Gasteiger partial charge in [-0.2, -0.15) is 0 Å². The minimum atomic E-state index is -0.465. The Labute approximate surface area is 168 Å². The summed E-state index contributed by atoms with van der Waals surface area (Å²) in [4.78, 5) is 25.7. The molecule has 3 rings (SSSR count). The van der Waals surface area contributed by atoms with E-state index in [1.54, 1.807) is 6.07 Å². The first-order chi connectivity index (χ1) is 12.8. The molecular formula is C20H23N3O2S2. The van der Waals surface area contributed by atoms with Gasteiger partial charge in [-0.05, 0) is 68.4 Å². The summed E-state index contributed by atoms with van der Waals surface area (Å²) < 4.78 is 0. The van der Waals surface area contributed by atoms with Crippen LogP contribution in [0.2, 0.25) is 0 Å². The van der Waals surface area contributed by atoms with Gasteiger partial charge in [0.15, 0.2) is 5.11 Å². The first-order valence-electron chi connectivity index (χ1n) is 8.90. The van der Waals surface area contributed by atoms with Crippen LogP contribution in [-0.2, 0) is 12.8 Å². The monoisotopic (exact) mass is 401 g/mol. The Morgan fingerprint density at radius 1 is 1.30 bits per heavy atom. The van der Waals surface area contributed by atoms with Crippen molar-refractivity contribution in [2.75, 3.05) is 5.32 Å². The molecule has 1 aliphatic carbocycles. The maximum Gasteiger partial charge on any atom is 0.257 e. The van der Waals surface area contributed by atoms with E-state index in [1.165, 1.54) is 16.2 Å². The third-order valence-electron chi connectivity index (χ3n) is 4.84. The van der Waals surface area contributed by atoms with Crippen molar-refractivity contribution in [2.24, 2.45) is 11.7 Å². The normalized spacial score (nSPS) is 15.7. The van der Waals surface area contributed by atoms with Crippen LogP contribution >= 0.6 is 23.6 Å². The Balaban J connectivity index is 1.78. The van der Waals surface area contributed by atoms with Gasteiger partial charge in [0.2, 0.25) is 0 Å². The van der Waals surface area contributed by atoms with E-state index in [9.17, 15) is 9.59 Å². The van der Waals surface area contributed by atoms with Crippen LogP contribution in [0.25, 0.3) is 0 Å². The van der Waals surface area contributed by atoms with Gasteiger partial charge in [-0.15, -0.1) is 11.3 Å². The fraction of sp³-hybridized carbons (Fsp3) is 0.350. The number of amides is 2. The first kappa shape index (κ1) is 19.5. The van der Waals surface area contributed by atoms with E-state index in [0.29, 0.717) is 22.0 Å². The molecular weight excluding hydrogens is 378 g/mol. The predicted octanol–water partition coefficient (Wildman–Crippen LogP) is 3.72. The summed E-state index contributed by atoms with van der Waals surface area (Å²) >= 11 is 6.80. The van der Waals surface area contributed by atoms with Gasteiger partial charge in [0.1, 0.15) is 5.00 Å². The van der Waals surface area contributed by atoms with E-state index in [1.807, 2.05) is 26.0 Å². The second kappa shape index (κ2) is 7.78. The average molecular weight is 402 g/mol. The van der Waals surface area contributed by atoms with Crippen LogP contribution in [0.15, 0.2) is 18.2 Å². The molecule has 142 valence electrons. The van der Waals surface area contributed by atoms with Gasteiger partial charge in [-0.25, -0.2) is 0 Å². The molecule has 2 aromatic rings. The number of primary amides is 1. The highest BCUT2D eigenvalue weighted by molar-refractivity contribution is 7.80. The lowest BCUT2D eigenvalue weighted by molar-refractivity contribution is 0.0975. The molecule has 1 aromatic heterocycles. The Kier molecular flexibility index (Phi) is 5.62. The number of thiophene rings is 1. The van der Waals surface area contributed by atoms with Crippen molar-refractivity contribution in [3.63, 3.8) is 0 Å². The summed E-state index contributed by atoms with van der Waals surface area (Å²) in [6, 6.07) is 5.62. The lowest BCUT2D eigenvalue weighted by atomic mass is 9.88. The fourth-order valence-electron chi connectivity index (χ4n) is 3.47. The molecule has 0 radical (unpaired) electrons. The molecule has 0 saturated carbocycles. The number of thiocarbonyl (C=S) groups is 1. The smallest absolute Gasteiger partial charge is 0.257 e. The number of benzene rings is 1. The van der Waals surface area contributed by atoms with E-state index in [0.717, 1.165) is 36.0 Å². The maximum atomic E-state index is 12.5. The number of fused-ring (bicyclic) bond motifs is 1. The van der Waals surface area contributed by atoms with Gasteiger partial charge in [0.05, 0.1) is 5.56 Å². The third kappa shape index (κ3) is 4.20. The van der Waals surface area contributed by atoms with Crippen molar-refractivity contribution in [1.29, 1.82) is 0 Å². The Morgan fingerprint density at radius 2 is 2.04 bits per heavy atom. The van der Waals surface area contributed by atoms with Crippen molar-refractivity contribution >= 4 is 45.5 Å². The summed E-state index contributed by atoms with van der Waals surface area (Å²) in [5, 5.41) is 6.49. The van der Waals surface area contributed by atoms with Gasteiger partial charge in [-0.3, -0.25) is 14.9 Å². The molecule has 1 heterocycles. The molecule has 1 aromatic carbocycles. The minimum Gasteiger partial charge on any atom is -0.365 e. The van der Waals surface area contributed by atoms with E-state index in [-0.39, 0.29) is 11.0 Å². The maximum absolute atomic E-state index is 12.5. The highest BCUT2D eigenvalue weighted by atomic mass is 32.1. The summed E-state index contributed by atoms with van der Waals surface area (Å²) in [5.41, 5.74) is 9.69. The number of aryl methyl sites for hydroxylation is 2. The van der Waals surface area contributed by atoms with Crippen LogP contribution in [0, 0.1) is 19.8 Å². The summed E-state index contributed by atoms with van der Waals surface area (Å²) in [6.45, 7) is 6.07. The van der Waals surface area contributed by atoms with Crippen molar-refractivity contribution in [3.8, 4) is 0 Å². The van der Waals surface area contributed by atoms with Crippen LogP contribution in [0.3, 0.4) is 0 Å². The van der Waals surface area contributed by atoms with E-state index in [2.05, 4.69) is 17.6 Å². The summed E-state index contributed by atoms with van der Waals surface area (Å²) in [5.74, 6) is -0.158. The van der Waals surface area contributed by atoms with Crippen LogP contribution in [-0.4, -0.2) is 16.9 Å². The van der Waals surface area contributed by atoms with Crippen molar-refractivity contribution in [3.05, 3.63) is 50.9 Å². The molecule has 4 N–H and O–H groups in total. The number of anilines is 1. The number of nitrogens with one attached hydrogen (secondary N) is 2. The van der Waals surface area contributed by atoms with Gasteiger partial charge < -0.3 is 11.1 Å².